The van der Waals surface area contributed by atoms with Crippen molar-refractivity contribution in [3.8, 4) is 11.6 Å². The van der Waals surface area contributed by atoms with Crippen molar-refractivity contribution in [2.45, 2.75) is 4.90 Å². The molecule has 6 nitrogen and oxygen atoms in total. The molecule has 0 bridgehead atoms. The minimum Gasteiger partial charge on any atom is -0.497 e. The maximum Gasteiger partial charge on any atom is 0.261 e. The average Bonchev–Trinajstić information content (AvgIpc) is 2.48. The lowest BCUT2D eigenvalue weighted by Gasteiger charge is -2.08. The summed E-state index contributed by atoms with van der Waals surface area (Å²) in [4.78, 5) is 4.08. The smallest absolute Gasteiger partial charge is 0.261 e. The zero-order valence-electron chi connectivity index (χ0n) is 11.0. The molecule has 0 aliphatic heterocycles. The van der Waals surface area contributed by atoms with Crippen LogP contribution < -0.4 is 14.2 Å². The van der Waals surface area contributed by atoms with Gasteiger partial charge in [-0.1, -0.05) is 0 Å². The molecule has 2 rings (SSSR count). The van der Waals surface area contributed by atoms with Gasteiger partial charge in [-0.25, -0.2) is 13.4 Å². The highest BCUT2D eigenvalue weighted by Crippen LogP contribution is 2.19. The van der Waals surface area contributed by atoms with Gasteiger partial charge in [0.1, 0.15) is 5.75 Å². The number of hydrogen-bond acceptors (Lipinski definition) is 5. The first-order chi connectivity index (χ1) is 9.55. The van der Waals surface area contributed by atoms with Crippen LogP contribution in [0.4, 0.5) is 5.69 Å². The van der Waals surface area contributed by atoms with Crippen molar-refractivity contribution in [3.05, 3.63) is 42.6 Å². The lowest BCUT2D eigenvalue weighted by Crippen LogP contribution is -2.13. The van der Waals surface area contributed by atoms with Crippen LogP contribution in [0, 0.1) is 0 Å². The molecule has 0 saturated carbocycles. The van der Waals surface area contributed by atoms with Crippen molar-refractivity contribution < 1.29 is 17.9 Å². The Morgan fingerprint density at radius 3 is 2.20 bits per heavy atom. The Morgan fingerprint density at radius 1 is 1.00 bits per heavy atom. The van der Waals surface area contributed by atoms with E-state index in [0.717, 1.165) is 0 Å². The van der Waals surface area contributed by atoms with Crippen molar-refractivity contribution in [3.63, 3.8) is 0 Å². The molecule has 20 heavy (non-hydrogen) atoms. The van der Waals surface area contributed by atoms with Crippen LogP contribution in [0.25, 0.3) is 0 Å². The summed E-state index contributed by atoms with van der Waals surface area (Å²) in [6.07, 6.45) is 1.39. The Labute approximate surface area is 117 Å². The third-order valence-electron chi connectivity index (χ3n) is 2.57. The quantitative estimate of drug-likeness (QED) is 0.911. The predicted octanol–water partition coefficient (Wildman–Crippen LogP) is 1.90. The molecule has 1 N–H and O–H groups in total. The van der Waals surface area contributed by atoms with Gasteiger partial charge < -0.3 is 9.47 Å². The van der Waals surface area contributed by atoms with Gasteiger partial charge in [0.25, 0.3) is 10.0 Å². The van der Waals surface area contributed by atoms with Crippen LogP contribution >= 0.6 is 0 Å². The van der Waals surface area contributed by atoms with Gasteiger partial charge in [0.05, 0.1) is 31.0 Å². The summed E-state index contributed by atoms with van der Waals surface area (Å²) in [5, 5.41) is 0. The summed E-state index contributed by atoms with van der Waals surface area (Å²) < 4.78 is 36.6. The van der Waals surface area contributed by atoms with Gasteiger partial charge in [-0.05, 0) is 30.3 Å². The molecular weight excluding hydrogens is 280 g/mol. The highest BCUT2D eigenvalue weighted by molar-refractivity contribution is 7.92. The SMILES string of the molecule is COc1ccc(S(=O)(=O)Nc2ccc(OC)nc2)cc1. The molecule has 0 fully saturated rings. The first-order valence-corrected chi connectivity index (χ1v) is 7.20. The largest absolute Gasteiger partial charge is 0.497 e. The average molecular weight is 294 g/mol. The molecule has 0 atom stereocenters. The summed E-state index contributed by atoms with van der Waals surface area (Å²) in [5.41, 5.74) is 0.363. The number of aromatic nitrogens is 1. The highest BCUT2D eigenvalue weighted by Gasteiger charge is 2.14. The van der Waals surface area contributed by atoms with Crippen LogP contribution in [-0.2, 0) is 10.0 Å². The van der Waals surface area contributed by atoms with E-state index in [1.807, 2.05) is 0 Å². The van der Waals surface area contributed by atoms with E-state index in [4.69, 9.17) is 9.47 Å². The molecule has 1 aromatic carbocycles. The van der Waals surface area contributed by atoms with E-state index in [0.29, 0.717) is 17.3 Å². The molecule has 0 amide bonds. The van der Waals surface area contributed by atoms with Crippen LogP contribution in [0.15, 0.2) is 47.5 Å². The normalized spacial score (nSPS) is 10.9. The Kier molecular flexibility index (Phi) is 4.09. The second-order valence-corrected chi connectivity index (χ2v) is 5.55. The molecule has 0 unspecified atom stereocenters. The molecule has 0 radical (unpaired) electrons. The number of pyridine rings is 1. The van der Waals surface area contributed by atoms with Gasteiger partial charge >= 0.3 is 0 Å². The summed E-state index contributed by atoms with van der Waals surface area (Å²) in [7, 11) is -0.636. The zero-order valence-corrected chi connectivity index (χ0v) is 11.8. The van der Waals surface area contributed by atoms with Crippen LogP contribution in [0.2, 0.25) is 0 Å². The number of anilines is 1. The summed E-state index contributed by atoms with van der Waals surface area (Å²) in [6.45, 7) is 0. The van der Waals surface area contributed by atoms with E-state index in [9.17, 15) is 8.42 Å². The molecule has 106 valence electrons. The van der Waals surface area contributed by atoms with Crippen molar-refractivity contribution in [2.24, 2.45) is 0 Å². The Bertz CT molecular complexity index is 667. The maximum absolute atomic E-state index is 12.1. The van der Waals surface area contributed by atoms with E-state index < -0.39 is 10.0 Å². The minimum absolute atomic E-state index is 0.147. The Hall–Kier alpha value is -2.28. The molecule has 2 aromatic rings. The lowest BCUT2D eigenvalue weighted by molar-refractivity contribution is 0.398. The van der Waals surface area contributed by atoms with Gasteiger partial charge in [-0.2, -0.15) is 0 Å². The fourth-order valence-electron chi connectivity index (χ4n) is 1.53. The molecule has 7 heteroatoms. The highest BCUT2D eigenvalue weighted by atomic mass is 32.2. The third-order valence-corrected chi connectivity index (χ3v) is 3.96. The molecule has 1 heterocycles. The third kappa shape index (κ3) is 3.18. The number of sulfonamides is 1. The first kappa shape index (κ1) is 14.1. The summed E-state index contributed by atoms with van der Waals surface area (Å²) >= 11 is 0. The molecular formula is C13H14N2O4S. The van der Waals surface area contributed by atoms with E-state index in [-0.39, 0.29) is 4.90 Å². The van der Waals surface area contributed by atoms with Gasteiger partial charge in [-0.15, -0.1) is 0 Å². The topological polar surface area (TPSA) is 77.5 Å². The molecule has 0 aliphatic carbocycles. The Balaban J connectivity index is 2.20. The van der Waals surface area contributed by atoms with E-state index in [1.165, 1.54) is 32.5 Å². The number of methoxy groups -OCH3 is 2. The van der Waals surface area contributed by atoms with Crippen LogP contribution in [0.5, 0.6) is 11.6 Å². The van der Waals surface area contributed by atoms with Gasteiger partial charge in [0.2, 0.25) is 5.88 Å². The van der Waals surface area contributed by atoms with E-state index in [1.54, 1.807) is 24.3 Å². The van der Waals surface area contributed by atoms with E-state index in [2.05, 4.69) is 9.71 Å². The van der Waals surface area contributed by atoms with Gasteiger partial charge in [0, 0.05) is 6.07 Å². The van der Waals surface area contributed by atoms with Crippen molar-refractivity contribution in [2.75, 3.05) is 18.9 Å². The fourth-order valence-corrected chi connectivity index (χ4v) is 2.57. The number of rotatable bonds is 5. The number of nitrogens with one attached hydrogen (secondary N) is 1. The van der Waals surface area contributed by atoms with Gasteiger partial charge in [-0.3, -0.25) is 4.72 Å². The first-order valence-electron chi connectivity index (χ1n) is 5.72. The molecule has 0 saturated heterocycles. The molecule has 0 aliphatic rings. The minimum atomic E-state index is -3.64. The number of benzene rings is 1. The number of ether oxygens (including phenoxy) is 2. The number of hydrogen-bond donors (Lipinski definition) is 1. The summed E-state index contributed by atoms with van der Waals surface area (Å²) in [6, 6.07) is 9.26. The maximum atomic E-state index is 12.1. The van der Waals surface area contributed by atoms with Crippen molar-refractivity contribution >= 4 is 15.7 Å². The lowest BCUT2D eigenvalue weighted by atomic mass is 10.3. The van der Waals surface area contributed by atoms with Crippen molar-refractivity contribution in [1.29, 1.82) is 0 Å². The summed E-state index contributed by atoms with van der Waals surface area (Å²) in [5.74, 6) is 1.01. The van der Waals surface area contributed by atoms with Crippen LogP contribution in [-0.4, -0.2) is 27.6 Å². The molecule has 0 spiro atoms. The second-order valence-electron chi connectivity index (χ2n) is 3.87. The second kappa shape index (κ2) is 5.79. The van der Waals surface area contributed by atoms with Crippen LogP contribution in [0.1, 0.15) is 0 Å². The standard InChI is InChI=1S/C13H14N2O4S/c1-18-11-4-6-12(7-5-11)20(16,17)15-10-3-8-13(19-2)14-9-10/h3-9,15H,1-2H3. The zero-order chi connectivity index (χ0) is 14.6. The Morgan fingerprint density at radius 2 is 1.70 bits per heavy atom. The number of nitrogens with zero attached hydrogens (tertiary/aromatic N) is 1. The van der Waals surface area contributed by atoms with Crippen LogP contribution in [0.3, 0.4) is 0 Å². The molecule has 1 aromatic heterocycles. The predicted molar refractivity (Wildman–Crippen MR) is 74.6 cm³/mol. The van der Waals surface area contributed by atoms with E-state index >= 15 is 0 Å². The fraction of sp³-hybridized carbons (Fsp3) is 0.154. The van der Waals surface area contributed by atoms with Crippen molar-refractivity contribution in [1.82, 2.24) is 4.98 Å². The monoisotopic (exact) mass is 294 g/mol. The van der Waals surface area contributed by atoms with Gasteiger partial charge in [0.15, 0.2) is 0 Å².